The van der Waals surface area contributed by atoms with Crippen molar-refractivity contribution in [2.75, 3.05) is 0 Å². The average Bonchev–Trinajstić information content (AvgIpc) is 2.18. The van der Waals surface area contributed by atoms with Gasteiger partial charge in [0, 0.05) is 6.54 Å². The zero-order valence-electron chi connectivity index (χ0n) is 7.66. The van der Waals surface area contributed by atoms with Crippen molar-refractivity contribution in [3.05, 3.63) is 41.0 Å². The second kappa shape index (κ2) is 4.58. The molecule has 2 nitrogen and oxygen atoms in total. The smallest absolute Gasteiger partial charge is 0.145 e. The Kier molecular flexibility index (Phi) is 3.41. The molecule has 1 aromatic rings. The number of carbonyl (C=O) groups is 1. The van der Waals surface area contributed by atoms with Crippen LogP contribution in [-0.2, 0) is 11.3 Å². The fraction of sp³-hybridized carbons (Fsp3) is 0.182. The van der Waals surface area contributed by atoms with Gasteiger partial charge in [-0.05, 0) is 29.7 Å². The summed E-state index contributed by atoms with van der Waals surface area (Å²) in [6.07, 6.45) is 2.68. The number of benzene rings is 1. The molecular weight excluding hydrogens is 162 g/mol. The van der Waals surface area contributed by atoms with Gasteiger partial charge < -0.3 is 5.73 Å². The Balaban J connectivity index is 2.95. The maximum absolute atomic E-state index is 10.4. The van der Waals surface area contributed by atoms with E-state index < -0.39 is 0 Å². The summed E-state index contributed by atoms with van der Waals surface area (Å²) in [5.41, 5.74) is 8.31. The van der Waals surface area contributed by atoms with Crippen molar-refractivity contribution in [1.29, 1.82) is 0 Å². The van der Waals surface area contributed by atoms with Gasteiger partial charge in [0.1, 0.15) is 6.29 Å². The van der Waals surface area contributed by atoms with Crippen molar-refractivity contribution in [2.45, 2.75) is 13.5 Å². The highest BCUT2D eigenvalue weighted by Crippen LogP contribution is 2.08. The Morgan fingerprint density at radius 2 is 2.31 bits per heavy atom. The summed E-state index contributed by atoms with van der Waals surface area (Å²) in [6, 6.07) is 7.83. The minimum Gasteiger partial charge on any atom is -0.326 e. The molecule has 0 bridgehead atoms. The Bertz CT molecular complexity index is 329. The first-order valence-electron chi connectivity index (χ1n) is 4.18. The highest BCUT2D eigenvalue weighted by molar-refractivity contribution is 5.80. The van der Waals surface area contributed by atoms with E-state index in [4.69, 9.17) is 5.73 Å². The molecule has 13 heavy (non-hydrogen) atoms. The number of carbonyl (C=O) groups excluding carboxylic acids is 1. The standard InChI is InChI=1S/C11H13NO/c1-9(8-13)5-10-3-2-4-11(6-10)7-12/h2-6,8H,7,12H2,1H3. The summed E-state index contributed by atoms with van der Waals surface area (Å²) in [5, 5.41) is 0. The number of rotatable bonds is 3. The third-order valence-electron chi connectivity index (χ3n) is 1.77. The molecule has 0 amide bonds. The molecule has 0 fully saturated rings. The van der Waals surface area contributed by atoms with E-state index >= 15 is 0 Å². The lowest BCUT2D eigenvalue weighted by Crippen LogP contribution is -1.95. The van der Waals surface area contributed by atoms with Crippen molar-refractivity contribution >= 4 is 12.4 Å². The van der Waals surface area contributed by atoms with E-state index in [1.165, 1.54) is 0 Å². The van der Waals surface area contributed by atoms with E-state index in [9.17, 15) is 4.79 Å². The fourth-order valence-corrected chi connectivity index (χ4v) is 1.11. The number of hydrogen-bond donors (Lipinski definition) is 1. The number of aldehydes is 1. The largest absolute Gasteiger partial charge is 0.326 e. The molecule has 2 heteroatoms. The first-order valence-corrected chi connectivity index (χ1v) is 4.18. The van der Waals surface area contributed by atoms with Crippen LogP contribution in [0.4, 0.5) is 0 Å². The number of hydrogen-bond acceptors (Lipinski definition) is 2. The van der Waals surface area contributed by atoms with E-state index in [1.807, 2.05) is 30.3 Å². The van der Waals surface area contributed by atoms with Gasteiger partial charge >= 0.3 is 0 Å². The predicted octanol–water partition coefficient (Wildman–Crippen LogP) is 1.75. The van der Waals surface area contributed by atoms with Gasteiger partial charge in [-0.25, -0.2) is 0 Å². The van der Waals surface area contributed by atoms with Crippen molar-refractivity contribution in [3.63, 3.8) is 0 Å². The fourth-order valence-electron chi connectivity index (χ4n) is 1.11. The lowest BCUT2D eigenvalue weighted by atomic mass is 10.1. The van der Waals surface area contributed by atoms with Crippen molar-refractivity contribution in [1.82, 2.24) is 0 Å². The minimum atomic E-state index is 0.530. The van der Waals surface area contributed by atoms with E-state index in [0.29, 0.717) is 12.1 Å². The zero-order chi connectivity index (χ0) is 9.68. The van der Waals surface area contributed by atoms with Crippen LogP contribution in [0, 0.1) is 0 Å². The highest BCUT2D eigenvalue weighted by atomic mass is 16.1. The molecule has 0 atom stereocenters. The van der Waals surface area contributed by atoms with Gasteiger partial charge in [-0.15, -0.1) is 0 Å². The van der Waals surface area contributed by atoms with Gasteiger partial charge in [0.25, 0.3) is 0 Å². The van der Waals surface area contributed by atoms with Gasteiger partial charge in [0.05, 0.1) is 0 Å². The van der Waals surface area contributed by atoms with E-state index in [0.717, 1.165) is 17.4 Å². The van der Waals surface area contributed by atoms with Gasteiger partial charge in [-0.3, -0.25) is 4.79 Å². The molecule has 0 heterocycles. The van der Waals surface area contributed by atoms with Crippen LogP contribution in [0.5, 0.6) is 0 Å². The zero-order valence-corrected chi connectivity index (χ0v) is 7.66. The van der Waals surface area contributed by atoms with E-state index in [2.05, 4.69) is 0 Å². The monoisotopic (exact) mass is 175 g/mol. The molecule has 0 saturated carbocycles. The molecule has 0 aliphatic rings. The SMILES string of the molecule is CC(C=O)=Cc1cccc(CN)c1. The average molecular weight is 175 g/mol. The molecule has 2 N–H and O–H groups in total. The van der Waals surface area contributed by atoms with Gasteiger partial charge in [-0.1, -0.05) is 24.3 Å². The van der Waals surface area contributed by atoms with Crippen molar-refractivity contribution < 1.29 is 4.79 Å². The van der Waals surface area contributed by atoms with E-state index in [-0.39, 0.29) is 0 Å². The molecular formula is C11H13NO. The highest BCUT2D eigenvalue weighted by Gasteiger charge is 1.92. The first-order chi connectivity index (χ1) is 6.26. The van der Waals surface area contributed by atoms with Crippen LogP contribution in [0.3, 0.4) is 0 Å². The van der Waals surface area contributed by atoms with Gasteiger partial charge in [0.2, 0.25) is 0 Å². The summed E-state index contributed by atoms with van der Waals surface area (Å²) in [7, 11) is 0. The van der Waals surface area contributed by atoms with Crippen LogP contribution in [0.25, 0.3) is 6.08 Å². The van der Waals surface area contributed by atoms with Crippen molar-refractivity contribution in [3.8, 4) is 0 Å². The third-order valence-corrected chi connectivity index (χ3v) is 1.77. The Hall–Kier alpha value is -1.41. The van der Waals surface area contributed by atoms with Crippen LogP contribution in [0.15, 0.2) is 29.8 Å². The van der Waals surface area contributed by atoms with E-state index in [1.54, 1.807) is 6.92 Å². The quantitative estimate of drug-likeness (QED) is 0.561. The summed E-state index contributed by atoms with van der Waals surface area (Å²) in [5.74, 6) is 0. The maximum Gasteiger partial charge on any atom is 0.145 e. The van der Waals surface area contributed by atoms with Crippen molar-refractivity contribution in [2.24, 2.45) is 5.73 Å². The predicted molar refractivity (Wildman–Crippen MR) is 54.0 cm³/mol. The van der Waals surface area contributed by atoms with Crippen LogP contribution in [0.2, 0.25) is 0 Å². The van der Waals surface area contributed by atoms with Crippen LogP contribution in [0.1, 0.15) is 18.1 Å². The Morgan fingerprint density at radius 3 is 2.92 bits per heavy atom. The maximum atomic E-state index is 10.4. The topological polar surface area (TPSA) is 43.1 Å². The Labute approximate surface area is 78.1 Å². The molecule has 0 spiro atoms. The van der Waals surface area contributed by atoms with Gasteiger partial charge in [-0.2, -0.15) is 0 Å². The minimum absolute atomic E-state index is 0.530. The second-order valence-electron chi connectivity index (χ2n) is 2.96. The van der Waals surface area contributed by atoms with Crippen LogP contribution >= 0.6 is 0 Å². The molecule has 68 valence electrons. The van der Waals surface area contributed by atoms with Crippen LogP contribution in [-0.4, -0.2) is 6.29 Å². The number of allylic oxidation sites excluding steroid dienone is 1. The molecule has 0 unspecified atom stereocenters. The molecule has 0 aromatic heterocycles. The summed E-state index contributed by atoms with van der Waals surface area (Å²) >= 11 is 0. The normalized spacial score (nSPS) is 11.4. The second-order valence-corrected chi connectivity index (χ2v) is 2.96. The molecule has 0 aliphatic carbocycles. The lowest BCUT2D eigenvalue weighted by Gasteiger charge is -1.98. The number of nitrogens with two attached hydrogens (primary N) is 1. The molecule has 0 aliphatic heterocycles. The molecule has 1 aromatic carbocycles. The molecule has 0 radical (unpaired) electrons. The van der Waals surface area contributed by atoms with Gasteiger partial charge in [0.15, 0.2) is 0 Å². The lowest BCUT2D eigenvalue weighted by molar-refractivity contribution is -0.104. The Morgan fingerprint density at radius 1 is 1.54 bits per heavy atom. The summed E-state index contributed by atoms with van der Waals surface area (Å²) in [4.78, 5) is 10.4. The third kappa shape index (κ3) is 2.84. The summed E-state index contributed by atoms with van der Waals surface area (Å²) in [6.45, 7) is 2.31. The van der Waals surface area contributed by atoms with Crippen LogP contribution < -0.4 is 5.73 Å². The first kappa shape index (κ1) is 9.68. The summed E-state index contributed by atoms with van der Waals surface area (Å²) < 4.78 is 0. The molecule has 1 rings (SSSR count). The molecule has 0 saturated heterocycles.